The van der Waals surface area contributed by atoms with E-state index in [1.807, 2.05) is 0 Å². The van der Waals surface area contributed by atoms with Crippen molar-refractivity contribution in [2.75, 3.05) is 25.0 Å². The zero-order valence-corrected chi connectivity index (χ0v) is 13.3. The lowest BCUT2D eigenvalue weighted by Gasteiger charge is -2.22. The zero-order valence-electron chi connectivity index (χ0n) is 10.9. The van der Waals surface area contributed by atoms with E-state index in [1.54, 1.807) is 18.2 Å². The van der Waals surface area contributed by atoms with Crippen molar-refractivity contribution < 1.29 is 4.79 Å². The van der Waals surface area contributed by atoms with E-state index in [0.29, 0.717) is 34.9 Å². The van der Waals surface area contributed by atoms with Crippen molar-refractivity contribution in [2.24, 2.45) is 5.73 Å². The number of nitrogens with one attached hydrogen (secondary N) is 1. The lowest BCUT2D eigenvalue weighted by Crippen LogP contribution is -2.40. The molecule has 1 unspecified atom stereocenters. The number of rotatable bonds is 4. The van der Waals surface area contributed by atoms with Gasteiger partial charge in [0.05, 0.1) is 22.3 Å². The van der Waals surface area contributed by atoms with Crippen LogP contribution in [-0.2, 0) is 4.79 Å². The number of nitrogens with zero attached hydrogens (tertiary/aromatic N) is 1. The fourth-order valence-electron chi connectivity index (χ4n) is 2.35. The highest BCUT2D eigenvalue weighted by Crippen LogP contribution is 2.29. The Morgan fingerprint density at radius 3 is 2.65 bits per heavy atom. The lowest BCUT2D eigenvalue weighted by atomic mass is 10.2. The Hall–Kier alpha value is -0.520. The molecule has 2 rings (SSSR count). The lowest BCUT2D eigenvalue weighted by molar-refractivity contribution is -0.117. The van der Waals surface area contributed by atoms with Crippen molar-refractivity contribution in [1.82, 2.24) is 4.90 Å². The number of carbonyl (C=O) groups excluding carboxylic acids is 1. The Morgan fingerprint density at radius 2 is 2.05 bits per heavy atom. The molecule has 1 aromatic carbocycles. The molecule has 1 heterocycles. The fraction of sp³-hybridized carbons (Fsp3) is 0.462. The van der Waals surface area contributed by atoms with E-state index >= 15 is 0 Å². The number of hydrogen-bond acceptors (Lipinski definition) is 3. The van der Waals surface area contributed by atoms with E-state index in [-0.39, 0.29) is 18.3 Å². The van der Waals surface area contributed by atoms with E-state index in [2.05, 4.69) is 10.2 Å². The highest BCUT2D eigenvalue weighted by Gasteiger charge is 2.25. The summed E-state index contributed by atoms with van der Waals surface area (Å²) in [6, 6.07) is 5.43. The van der Waals surface area contributed by atoms with Crippen LogP contribution in [0.2, 0.25) is 10.0 Å². The predicted octanol–water partition coefficient (Wildman–Crippen LogP) is 2.78. The van der Waals surface area contributed by atoms with Gasteiger partial charge < -0.3 is 11.1 Å². The summed E-state index contributed by atoms with van der Waals surface area (Å²) in [6.07, 6.45) is 2.14. The minimum Gasteiger partial charge on any atom is -0.329 e. The first-order valence-corrected chi connectivity index (χ1v) is 7.05. The molecule has 0 aromatic heterocycles. The topological polar surface area (TPSA) is 58.4 Å². The number of benzene rings is 1. The van der Waals surface area contributed by atoms with Gasteiger partial charge in [0.15, 0.2) is 0 Å². The Balaban J connectivity index is 0.00000200. The van der Waals surface area contributed by atoms with Gasteiger partial charge in [-0.25, -0.2) is 0 Å². The predicted molar refractivity (Wildman–Crippen MR) is 86.0 cm³/mol. The molecule has 1 aliphatic heterocycles. The van der Waals surface area contributed by atoms with Gasteiger partial charge in [0.25, 0.3) is 0 Å². The highest BCUT2D eigenvalue weighted by atomic mass is 35.5. The minimum atomic E-state index is -0.115. The molecule has 20 heavy (non-hydrogen) atoms. The van der Waals surface area contributed by atoms with Crippen LogP contribution >= 0.6 is 35.6 Å². The van der Waals surface area contributed by atoms with E-state index in [4.69, 9.17) is 28.9 Å². The normalized spacial score (nSPS) is 18.6. The van der Waals surface area contributed by atoms with Crippen LogP contribution in [0.15, 0.2) is 18.2 Å². The molecule has 0 bridgehead atoms. The molecule has 0 radical (unpaired) electrons. The van der Waals surface area contributed by atoms with E-state index < -0.39 is 0 Å². The van der Waals surface area contributed by atoms with Gasteiger partial charge in [-0.3, -0.25) is 9.69 Å². The number of likely N-dealkylation sites (tertiary alicyclic amines) is 1. The van der Waals surface area contributed by atoms with Crippen molar-refractivity contribution in [2.45, 2.75) is 18.9 Å². The van der Waals surface area contributed by atoms with Gasteiger partial charge >= 0.3 is 0 Å². The molecule has 1 amide bonds. The second-order valence-electron chi connectivity index (χ2n) is 4.65. The number of para-hydroxylation sites is 1. The van der Waals surface area contributed by atoms with Gasteiger partial charge in [-0.2, -0.15) is 0 Å². The third kappa shape index (κ3) is 4.24. The summed E-state index contributed by atoms with van der Waals surface area (Å²) in [6.45, 7) is 1.81. The fourth-order valence-corrected chi connectivity index (χ4v) is 2.84. The summed E-state index contributed by atoms with van der Waals surface area (Å²) in [5, 5.41) is 3.65. The summed E-state index contributed by atoms with van der Waals surface area (Å²) < 4.78 is 0. The van der Waals surface area contributed by atoms with Crippen molar-refractivity contribution in [3.05, 3.63) is 28.2 Å². The summed E-state index contributed by atoms with van der Waals surface area (Å²) in [5.41, 5.74) is 6.16. The van der Waals surface area contributed by atoms with Crippen LogP contribution in [0, 0.1) is 0 Å². The highest BCUT2D eigenvalue weighted by molar-refractivity contribution is 6.39. The number of carbonyl (C=O) groups is 1. The smallest absolute Gasteiger partial charge is 0.238 e. The van der Waals surface area contributed by atoms with E-state index in [1.165, 1.54) is 0 Å². The number of nitrogens with two attached hydrogens (primary N) is 1. The maximum atomic E-state index is 12.0. The molecule has 1 aliphatic rings. The molecule has 4 nitrogen and oxygen atoms in total. The van der Waals surface area contributed by atoms with Gasteiger partial charge in [-0.1, -0.05) is 29.3 Å². The average Bonchev–Trinajstić information content (AvgIpc) is 2.81. The Labute approximate surface area is 135 Å². The molecule has 1 atom stereocenters. The van der Waals surface area contributed by atoms with Gasteiger partial charge in [0.2, 0.25) is 5.91 Å². The SMILES string of the molecule is Cl.NCC1CCCN1CC(=O)Nc1c(Cl)cccc1Cl. The van der Waals surface area contributed by atoms with Gasteiger partial charge in [0.1, 0.15) is 0 Å². The van der Waals surface area contributed by atoms with Crippen molar-refractivity contribution in [3.63, 3.8) is 0 Å². The molecule has 1 fully saturated rings. The Bertz CT molecular complexity index is 450. The monoisotopic (exact) mass is 337 g/mol. The summed E-state index contributed by atoms with van der Waals surface area (Å²) >= 11 is 12.0. The van der Waals surface area contributed by atoms with Crippen LogP contribution in [-0.4, -0.2) is 36.5 Å². The Kier molecular flexibility index (Phi) is 7.06. The van der Waals surface area contributed by atoms with Crippen molar-refractivity contribution >= 4 is 47.2 Å². The maximum Gasteiger partial charge on any atom is 0.238 e. The van der Waals surface area contributed by atoms with Crippen LogP contribution in [0.3, 0.4) is 0 Å². The summed E-state index contributed by atoms with van der Waals surface area (Å²) in [5.74, 6) is -0.115. The molecule has 0 spiro atoms. The first-order chi connectivity index (χ1) is 9.11. The molecule has 0 saturated carbocycles. The third-order valence-corrected chi connectivity index (χ3v) is 3.97. The minimum absolute atomic E-state index is 0. The van der Waals surface area contributed by atoms with Crippen LogP contribution in [0.25, 0.3) is 0 Å². The molecular formula is C13H18Cl3N3O. The molecule has 112 valence electrons. The van der Waals surface area contributed by atoms with Gasteiger partial charge in [0, 0.05) is 12.6 Å². The van der Waals surface area contributed by atoms with Crippen LogP contribution in [0.5, 0.6) is 0 Å². The van der Waals surface area contributed by atoms with Crippen molar-refractivity contribution in [3.8, 4) is 0 Å². The molecule has 3 N–H and O–H groups in total. The number of hydrogen-bond donors (Lipinski definition) is 2. The molecular weight excluding hydrogens is 321 g/mol. The second kappa shape index (κ2) is 8.05. The number of anilines is 1. The first-order valence-electron chi connectivity index (χ1n) is 6.30. The zero-order chi connectivity index (χ0) is 13.8. The Morgan fingerprint density at radius 1 is 1.40 bits per heavy atom. The quantitative estimate of drug-likeness (QED) is 0.887. The van der Waals surface area contributed by atoms with Gasteiger partial charge in [-0.15, -0.1) is 12.4 Å². The van der Waals surface area contributed by atoms with E-state index in [9.17, 15) is 4.79 Å². The average molecular weight is 339 g/mol. The van der Waals surface area contributed by atoms with Gasteiger partial charge in [-0.05, 0) is 31.5 Å². The third-order valence-electron chi connectivity index (χ3n) is 3.35. The standard InChI is InChI=1S/C13H17Cl2N3O.ClH/c14-10-4-1-5-11(15)13(10)17-12(19)8-18-6-2-3-9(18)7-16;/h1,4-5,9H,2-3,6-8,16H2,(H,17,19);1H. The number of amides is 1. The van der Waals surface area contributed by atoms with E-state index in [0.717, 1.165) is 19.4 Å². The maximum absolute atomic E-state index is 12.0. The van der Waals surface area contributed by atoms with Crippen molar-refractivity contribution in [1.29, 1.82) is 0 Å². The van der Waals surface area contributed by atoms with Crippen LogP contribution in [0.1, 0.15) is 12.8 Å². The first kappa shape index (κ1) is 17.5. The number of halogens is 3. The largest absolute Gasteiger partial charge is 0.329 e. The molecule has 7 heteroatoms. The summed E-state index contributed by atoms with van der Waals surface area (Å²) in [7, 11) is 0. The molecule has 1 aromatic rings. The molecule has 0 aliphatic carbocycles. The molecule has 1 saturated heterocycles. The second-order valence-corrected chi connectivity index (χ2v) is 5.46. The van der Waals surface area contributed by atoms with Crippen LogP contribution < -0.4 is 11.1 Å². The van der Waals surface area contributed by atoms with Crippen LogP contribution in [0.4, 0.5) is 5.69 Å². The summed E-state index contributed by atoms with van der Waals surface area (Å²) in [4.78, 5) is 14.1.